The molecular weight excluding hydrogens is 154 g/mol. The van der Waals surface area contributed by atoms with E-state index >= 15 is 0 Å². The fourth-order valence-corrected chi connectivity index (χ4v) is 0. The molecule has 0 saturated heterocycles. The molecule has 0 aromatic carbocycles. The van der Waals surface area contributed by atoms with Crippen LogP contribution >= 0.6 is 0 Å². The quantitative estimate of drug-likeness (QED) is 0.353. The topological polar surface area (TPSA) is 31.5 Å². The number of rotatable bonds is 0. The molecule has 1 nitrogen and oxygen atoms in total. The van der Waals surface area contributed by atoms with Gasteiger partial charge in [-0.1, -0.05) is 0 Å². The molecule has 2 N–H and O–H groups in total. The van der Waals surface area contributed by atoms with Crippen molar-refractivity contribution in [1.29, 1.82) is 0 Å². The van der Waals surface area contributed by atoms with E-state index in [1.54, 1.807) is 0 Å². The fourth-order valence-electron chi connectivity index (χ4n) is 0. The Bertz CT molecular complexity index is 8.00. The van der Waals surface area contributed by atoms with E-state index in [-0.39, 0.29) is 88.3 Å². The van der Waals surface area contributed by atoms with Crippen molar-refractivity contribution in [2.75, 3.05) is 0 Å². The molecule has 4 heteroatoms. The smallest absolute Gasteiger partial charge is 0 e. The van der Waals surface area contributed by atoms with Gasteiger partial charge in [-0.2, -0.15) is 0 Å². The third kappa shape index (κ3) is 8.83. The van der Waals surface area contributed by atoms with E-state index < -0.39 is 0 Å². The van der Waals surface area contributed by atoms with Crippen molar-refractivity contribution >= 4 is 56.6 Å². The second-order valence-corrected chi connectivity index (χ2v) is 0. The maximum absolute atomic E-state index is 0. The Balaban J connectivity index is 0. The van der Waals surface area contributed by atoms with Gasteiger partial charge in [-0.25, -0.2) is 0 Å². The van der Waals surface area contributed by atoms with Gasteiger partial charge in [-0.05, 0) is 0 Å². The summed E-state index contributed by atoms with van der Waals surface area (Å²) in [5.41, 5.74) is 0. The van der Waals surface area contributed by atoms with Gasteiger partial charge in [0.15, 0.2) is 0 Å². The van der Waals surface area contributed by atoms with Gasteiger partial charge in [-0.3, -0.25) is 0 Å². The molecule has 0 aromatic heterocycles. The molecule has 0 rings (SSSR count). The van der Waals surface area contributed by atoms with Gasteiger partial charge in [0.25, 0.3) is 0 Å². The zero-order valence-electron chi connectivity index (χ0n) is 1.00. The minimum atomic E-state index is 0. The summed E-state index contributed by atoms with van der Waals surface area (Å²) >= 11 is 0. The average molecular weight is 159 g/mol. The van der Waals surface area contributed by atoms with Crippen LogP contribution in [0.15, 0.2) is 0 Å². The Morgan fingerprint density at radius 1 is 1.00 bits per heavy atom. The first-order valence-corrected chi connectivity index (χ1v) is 0. The molecule has 0 aliphatic carbocycles. The van der Waals surface area contributed by atoms with E-state index in [4.69, 9.17) is 0 Å². The maximum Gasteiger partial charge on any atom is 0 e. The van der Waals surface area contributed by atoms with Crippen LogP contribution in [0.2, 0.25) is 0 Å². The van der Waals surface area contributed by atoms with Gasteiger partial charge in [-0.15, -0.1) is 0 Å². The molecule has 18 valence electrons. The van der Waals surface area contributed by atoms with Crippen molar-refractivity contribution in [2.45, 2.75) is 0 Å². The van der Waals surface area contributed by atoms with Crippen LogP contribution in [-0.2, 0) is 26.2 Å². The van der Waals surface area contributed by atoms with Crippen LogP contribution in [0.5, 0.6) is 0 Å². The van der Waals surface area contributed by atoms with E-state index in [1.807, 2.05) is 0 Å². The molecule has 0 heterocycles. The summed E-state index contributed by atoms with van der Waals surface area (Å²) in [5, 5.41) is 0. The summed E-state index contributed by atoms with van der Waals surface area (Å²) < 4.78 is 0. The second kappa shape index (κ2) is 17.3. The maximum atomic E-state index is 0. The molecule has 0 radical (unpaired) electrons. The molecule has 0 aliphatic heterocycles. The van der Waals surface area contributed by atoms with Crippen molar-refractivity contribution in [2.24, 2.45) is 0 Å². The minimum Gasteiger partial charge on any atom is 0 e. The second-order valence-electron chi connectivity index (χ2n) is 0. The molecule has 0 aliphatic rings. The van der Waals surface area contributed by atoms with E-state index in [9.17, 15) is 0 Å². The molecule has 0 amide bonds. The summed E-state index contributed by atoms with van der Waals surface area (Å²) in [6, 6.07) is 0. The Labute approximate surface area is 86.5 Å². The van der Waals surface area contributed by atoms with Crippen LogP contribution in [0.4, 0.5) is 0 Å². The van der Waals surface area contributed by atoms with Crippen molar-refractivity contribution in [3.05, 3.63) is 0 Å². The molecule has 4 heavy (non-hydrogen) atoms. The first kappa shape index (κ1) is 29.9. The molecule has 0 aromatic rings. The van der Waals surface area contributed by atoms with Crippen LogP contribution in [0.3, 0.4) is 0 Å². The molecule has 0 unspecified atom stereocenters. The van der Waals surface area contributed by atoms with Crippen molar-refractivity contribution < 1.29 is 31.7 Å². The Morgan fingerprint density at radius 2 is 1.00 bits per heavy atom. The van der Waals surface area contributed by atoms with Gasteiger partial charge in [0.2, 0.25) is 0 Å². The van der Waals surface area contributed by atoms with Gasteiger partial charge in [0, 0.05) is 26.2 Å². The largest absolute Gasteiger partial charge is 0 e. The molecule has 0 bridgehead atoms. The van der Waals surface area contributed by atoms with E-state index in [1.165, 1.54) is 0 Å². The van der Waals surface area contributed by atoms with Crippen molar-refractivity contribution in [3.63, 3.8) is 0 Å². The standard InChI is InChI=1S/Ca.Li.H2O.Zr.3H/h;;1H2;;;;. The van der Waals surface area contributed by atoms with E-state index in [0.717, 1.165) is 0 Å². The Kier molecular flexibility index (Phi) is 129. The monoisotopic (exact) mass is 158 g/mol. The fraction of sp³-hybridized carbons (Fsp3) is 0. The summed E-state index contributed by atoms with van der Waals surface area (Å²) in [5.74, 6) is 0. The SMILES string of the molecule is O.[CaH2].[LiH].[Zr]. The van der Waals surface area contributed by atoms with Crippen LogP contribution in [0.1, 0.15) is 0 Å². The first-order chi connectivity index (χ1) is 0. The predicted molar refractivity (Wildman–Crippen MR) is 19.3 cm³/mol. The zero-order valence-corrected chi connectivity index (χ0v) is 3.46. The van der Waals surface area contributed by atoms with Crippen LogP contribution < -0.4 is 0 Å². The Morgan fingerprint density at radius 3 is 1.00 bits per heavy atom. The van der Waals surface area contributed by atoms with E-state index in [0.29, 0.717) is 0 Å². The van der Waals surface area contributed by atoms with Gasteiger partial charge in [0.1, 0.15) is 0 Å². The normalized spacial score (nSPS) is 0. The molecule has 0 spiro atoms. The van der Waals surface area contributed by atoms with Crippen LogP contribution in [0, 0.1) is 0 Å². The number of hydrogen-bond acceptors (Lipinski definition) is 0. The minimum absolute atomic E-state index is 0. The van der Waals surface area contributed by atoms with Gasteiger partial charge in [0.05, 0.1) is 0 Å². The summed E-state index contributed by atoms with van der Waals surface area (Å²) in [6.45, 7) is 0. The average Bonchev–Trinajstić information content (AvgIpc) is 0. The third-order valence-electron chi connectivity index (χ3n) is 0. The third-order valence-corrected chi connectivity index (χ3v) is 0. The molecular formula is H5CaLiOZr. The molecule has 0 fully saturated rings. The van der Waals surface area contributed by atoms with Gasteiger partial charge < -0.3 is 5.48 Å². The zero-order chi connectivity index (χ0) is 0. The summed E-state index contributed by atoms with van der Waals surface area (Å²) in [7, 11) is 0. The van der Waals surface area contributed by atoms with Crippen molar-refractivity contribution in [3.8, 4) is 0 Å². The Hall–Kier alpha value is 2.70. The van der Waals surface area contributed by atoms with Crippen molar-refractivity contribution in [1.82, 2.24) is 0 Å². The van der Waals surface area contributed by atoms with Gasteiger partial charge >= 0.3 is 56.6 Å². The molecule has 0 saturated carbocycles. The molecule has 0 atom stereocenters. The van der Waals surface area contributed by atoms with Crippen LogP contribution in [-0.4, -0.2) is 62.1 Å². The summed E-state index contributed by atoms with van der Waals surface area (Å²) in [4.78, 5) is 0. The van der Waals surface area contributed by atoms with Crippen LogP contribution in [0.25, 0.3) is 0 Å². The predicted octanol–water partition coefficient (Wildman–Crippen LogP) is -2.39. The van der Waals surface area contributed by atoms with E-state index in [2.05, 4.69) is 0 Å². The number of hydrogen-bond donors (Lipinski definition) is 0. The first-order valence-electron chi connectivity index (χ1n) is 0. The summed E-state index contributed by atoms with van der Waals surface area (Å²) in [6.07, 6.45) is 0.